The lowest BCUT2D eigenvalue weighted by molar-refractivity contribution is 0.0657. The average Bonchev–Trinajstić information content (AvgIpc) is 3.35. The van der Waals surface area contributed by atoms with E-state index in [2.05, 4.69) is 49.2 Å². The number of anilines is 1. The number of piperazine rings is 2. The second-order valence-electron chi connectivity index (χ2n) is 7.97. The number of guanidine groups is 1. The van der Waals surface area contributed by atoms with E-state index in [-0.39, 0.29) is 5.91 Å². The first-order chi connectivity index (χ1) is 15.1. The lowest BCUT2D eigenvalue weighted by Crippen LogP contribution is -2.53. The van der Waals surface area contributed by atoms with Crippen molar-refractivity contribution in [3.63, 3.8) is 0 Å². The van der Waals surface area contributed by atoms with Gasteiger partial charge in [0.2, 0.25) is 0 Å². The van der Waals surface area contributed by atoms with Crippen LogP contribution in [0.4, 0.5) is 5.82 Å². The Labute approximate surface area is 183 Å². The molecule has 0 bridgehead atoms. The van der Waals surface area contributed by atoms with Crippen molar-refractivity contribution >= 4 is 17.7 Å². The van der Waals surface area contributed by atoms with Gasteiger partial charge in [0.15, 0.2) is 11.7 Å². The Kier molecular flexibility index (Phi) is 6.71. The summed E-state index contributed by atoms with van der Waals surface area (Å²) in [4.78, 5) is 30.2. The van der Waals surface area contributed by atoms with Crippen molar-refractivity contribution in [2.75, 3.05) is 71.4 Å². The largest absolute Gasteiger partial charge is 0.459 e. The molecule has 0 aromatic carbocycles. The molecule has 0 saturated carbocycles. The SMILES string of the molecule is CN=C(NCc1ccc(N2CCN(C)CC2)nc1)N1CCN(C(=O)c2ccco2)CC1. The zero-order chi connectivity index (χ0) is 21.6. The molecule has 9 nitrogen and oxygen atoms in total. The smallest absolute Gasteiger partial charge is 0.289 e. The Morgan fingerprint density at radius 1 is 1.06 bits per heavy atom. The highest BCUT2D eigenvalue weighted by molar-refractivity contribution is 5.91. The van der Waals surface area contributed by atoms with Crippen molar-refractivity contribution in [3.05, 3.63) is 48.0 Å². The Morgan fingerprint density at radius 2 is 1.81 bits per heavy atom. The molecular formula is C22H31N7O2. The van der Waals surface area contributed by atoms with Crippen LogP contribution in [-0.4, -0.2) is 98.0 Å². The molecule has 0 spiro atoms. The molecule has 4 heterocycles. The van der Waals surface area contributed by atoms with E-state index in [1.165, 1.54) is 6.26 Å². The number of likely N-dealkylation sites (N-methyl/N-ethyl adjacent to an activating group) is 1. The van der Waals surface area contributed by atoms with E-state index in [0.717, 1.165) is 56.6 Å². The van der Waals surface area contributed by atoms with Crippen LogP contribution in [0.5, 0.6) is 0 Å². The van der Waals surface area contributed by atoms with E-state index in [4.69, 9.17) is 4.42 Å². The fourth-order valence-corrected chi connectivity index (χ4v) is 3.93. The monoisotopic (exact) mass is 425 g/mol. The number of carbonyl (C=O) groups is 1. The minimum Gasteiger partial charge on any atom is -0.459 e. The van der Waals surface area contributed by atoms with Crippen molar-refractivity contribution in [3.8, 4) is 0 Å². The number of pyridine rings is 1. The van der Waals surface area contributed by atoms with Crippen LogP contribution in [0.3, 0.4) is 0 Å². The lowest BCUT2D eigenvalue weighted by Gasteiger charge is -2.36. The van der Waals surface area contributed by atoms with Crippen LogP contribution in [0.1, 0.15) is 16.1 Å². The zero-order valence-corrected chi connectivity index (χ0v) is 18.3. The van der Waals surface area contributed by atoms with Gasteiger partial charge in [0, 0.05) is 72.1 Å². The Balaban J connectivity index is 1.26. The summed E-state index contributed by atoms with van der Waals surface area (Å²) in [5.74, 6) is 2.22. The standard InChI is InChI=1S/C22H31N7O2/c1-23-22(29-13-11-28(12-14-29)21(30)19-4-3-15-31-19)25-17-18-5-6-20(24-16-18)27-9-7-26(2)8-10-27/h3-6,15-16H,7-14,17H2,1-2H3,(H,23,25). The highest BCUT2D eigenvalue weighted by Crippen LogP contribution is 2.14. The molecule has 1 N–H and O–H groups in total. The first kappa shape index (κ1) is 21.2. The van der Waals surface area contributed by atoms with Gasteiger partial charge in [0.05, 0.1) is 6.26 Å². The number of aliphatic imine (C=N–C) groups is 1. The predicted octanol–water partition coefficient (Wildman–Crippen LogP) is 0.960. The molecule has 2 saturated heterocycles. The quantitative estimate of drug-likeness (QED) is 0.577. The summed E-state index contributed by atoms with van der Waals surface area (Å²) in [7, 11) is 3.95. The number of hydrogen-bond donors (Lipinski definition) is 1. The maximum Gasteiger partial charge on any atom is 0.289 e. The molecule has 31 heavy (non-hydrogen) atoms. The lowest BCUT2D eigenvalue weighted by atomic mass is 10.2. The summed E-state index contributed by atoms with van der Waals surface area (Å²) in [5, 5.41) is 3.43. The highest BCUT2D eigenvalue weighted by Gasteiger charge is 2.25. The van der Waals surface area contributed by atoms with Gasteiger partial charge in [-0.25, -0.2) is 4.98 Å². The molecule has 166 valence electrons. The van der Waals surface area contributed by atoms with Crippen LogP contribution in [0, 0.1) is 0 Å². The number of hydrogen-bond acceptors (Lipinski definition) is 6. The molecule has 2 aromatic heterocycles. The summed E-state index contributed by atoms with van der Waals surface area (Å²) in [6.07, 6.45) is 3.47. The first-order valence-corrected chi connectivity index (χ1v) is 10.8. The van der Waals surface area contributed by atoms with Crippen molar-refractivity contribution in [2.24, 2.45) is 4.99 Å². The van der Waals surface area contributed by atoms with Gasteiger partial charge in [-0.05, 0) is 30.8 Å². The van der Waals surface area contributed by atoms with Crippen LogP contribution in [0.2, 0.25) is 0 Å². The normalized spacial score (nSPS) is 18.4. The fourth-order valence-electron chi connectivity index (χ4n) is 3.93. The predicted molar refractivity (Wildman–Crippen MR) is 120 cm³/mol. The molecule has 4 rings (SSSR count). The van der Waals surface area contributed by atoms with E-state index in [0.29, 0.717) is 25.4 Å². The molecule has 1 amide bonds. The van der Waals surface area contributed by atoms with Gasteiger partial charge in [0.1, 0.15) is 5.82 Å². The average molecular weight is 426 g/mol. The Hall–Kier alpha value is -3.07. The second-order valence-corrected chi connectivity index (χ2v) is 7.97. The van der Waals surface area contributed by atoms with E-state index in [9.17, 15) is 4.79 Å². The maximum atomic E-state index is 12.4. The molecule has 0 radical (unpaired) electrons. The first-order valence-electron chi connectivity index (χ1n) is 10.8. The second kappa shape index (κ2) is 9.82. The van der Waals surface area contributed by atoms with E-state index >= 15 is 0 Å². The maximum absolute atomic E-state index is 12.4. The van der Waals surface area contributed by atoms with Gasteiger partial charge in [0.25, 0.3) is 5.91 Å². The van der Waals surface area contributed by atoms with Crippen LogP contribution in [-0.2, 0) is 6.54 Å². The van der Waals surface area contributed by atoms with Crippen LogP contribution >= 0.6 is 0 Å². The van der Waals surface area contributed by atoms with Gasteiger partial charge in [-0.15, -0.1) is 0 Å². The number of furan rings is 1. The molecule has 0 unspecified atom stereocenters. The van der Waals surface area contributed by atoms with Crippen molar-refractivity contribution in [1.29, 1.82) is 0 Å². The third-order valence-corrected chi connectivity index (χ3v) is 5.90. The summed E-state index contributed by atoms with van der Waals surface area (Å²) in [6.45, 7) is 7.57. The van der Waals surface area contributed by atoms with Gasteiger partial charge in [-0.1, -0.05) is 6.07 Å². The summed E-state index contributed by atoms with van der Waals surface area (Å²) >= 11 is 0. The van der Waals surface area contributed by atoms with Gasteiger partial charge in [-0.2, -0.15) is 0 Å². The molecule has 9 heteroatoms. The van der Waals surface area contributed by atoms with Crippen LogP contribution in [0.25, 0.3) is 0 Å². The summed E-state index contributed by atoms with van der Waals surface area (Å²) < 4.78 is 5.23. The van der Waals surface area contributed by atoms with Crippen LogP contribution < -0.4 is 10.2 Å². The molecule has 2 aromatic rings. The van der Waals surface area contributed by atoms with E-state index < -0.39 is 0 Å². The van der Waals surface area contributed by atoms with Gasteiger partial charge < -0.3 is 29.3 Å². The fraction of sp³-hybridized carbons (Fsp3) is 0.500. The topological polar surface area (TPSA) is 80.5 Å². The minimum atomic E-state index is -0.0564. The van der Waals surface area contributed by atoms with E-state index in [1.54, 1.807) is 19.2 Å². The molecule has 0 aliphatic carbocycles. The third-order valence-electron chi connectivity index (χ3n) is 5.90. The number of rotatable bonds is 4. The van der Waals surface area contributed by atoms with Crippen LogP contribution in [0.15, 0.2) is 46.1 Å². The molecule has 2 fully saturated rings. The van der Waals surface area contributed by atoms with Crippen molar-refractivity contribution < 1.29 is 9.21 Å². The number of nitrogens with one attached hydrogen (secondary N) is 1. The molecule has 2 aliphatic heterocycles. The summed E-state index contributed by atoms with van der Waals surface area (Å²) in [6, 6.07) is 7.67. The number of nitrogens with zero attached hydrogens (tertiary/aromatic N) is 6. The molecular weight excluding hydrogens is 394 g/mol. The Morgan fingerprint density at radius 3 is 2.42 bits per heavy atom. The van der Waals surface area contributed by atoms with Gasteiger partial charge >= 0.3 is 0 Å². The van der Waals surface area contributed by atoms with E-state index in [1.807, 2.05) is 11.1 Å². The van der Waals surface area contributed by atoms with Crippen molar-refractivity contribution in [1.82, 2.24) is 25.0 Å². The zero-order valence-electron chi connectivity index (χ0n) is 18.3. The van der Waals surface area contributed by atoms with Crippen molar-refractivity contribution in [2.45, 2.75) is 6.54 Å². The Bertz CT molecular complexity index is 866. The minimum absolute atomic E-state index is 0.0564. The number of amides is 1. The number of aromatic nitrogens is 1. The number of carbonyl (C=O) groups excluding carboxylic acids is 1. The molecule has 2 aliphatic rings. The summed E-state index contributed by atoms with van der Waals surface area (Å²) in [5.41, 5.74) is 1.12. The third kappa shape index (κ3) is 5.16. The molecule has 0 atom stereocenters. The highest BCUT2D eigenvalue weighted by atomic mass is 16.3. The van der Waals surface area contributed by atoms with Gasteiger partial charge in [-0.3, -0.25) is 9.79 Å².